The molecule has 1 N–H and O–H groups in total. The predicted molar refractivity (Wildman–Crippen MR) is 39.3 cm³/mol. The van der Waals surface area contributed by atoms with E-state index < -0.39 is 6.23 Å². The molecule has 0 aromatic carbocycles. The van der Waals surface area contributed by atoms with Crippen molar-refractivity contribution in [3.05, 3.63) is 0 Å². The van der Waals surface area contributed by atoms with Crippen molar-refractivity contribution in [2.24, 2.45) is 0 Å². The maximum Gasteiger partial charge on any atom is 0.190 e. The Morgan fingerprint density at radius 3 is 2.30 bits per heavy atom. The first-order valence-corrected chi connectivity index (χ1v) is 3.41. The highest BCUT2D eigenvalue weighted by Crippen LogP contribution is 2.04. The average molecular weight is 146 g/mol. The molecular weight excluding hydrogens is 130 g/mol. The molecule has 0 aliphatic rings. The number of carbonyl (C=O) groups is 1. The van der Waals surface area contributed by atoms with Crippen LogP contribution in [0, 0.1) is 0 Å². The van der Waals surface area contributed by atoms with Gasteiger partial charge in [-0.05, 0) is 0 Å². The fourth-order valence-electron chi connectivity index (χ4n) is 0.604. The van der Waals surface area contributed by atoms with Crippen molar-refractivity contribution >= 4 is 6.29 Å². The molecule has 0 amide bonds. The van der Waals surface area contributed by atoms with Crippen molar-refractivity contribution in [1.82, 2.24) is 0 Å². The van der Waals surface area contributed by atoms with E-state index in [4.69, 9.17) is 0 Å². The molecule has 0 aromatic heterocycles. The molecule has 1 unspecified atom stereocenters. The van der Waals surface area contributed by atoms with Crippen LogP contribution in [-0.2, 0) is 4.79 Å². The van der Waals surface area contributed by atoms with E-state index in [1.165, 1.54) is 0 Å². The van der Waals surface area contributed by atoms with E-state index in [2.05, 4.69) is 0 Å². The van der Waals surface area contributed by atoms with E-state index in [-0.39, 0.29) is 0 Å². The van der Waals surface area contributed by atoms with Gasteiger partial charge in [0.05, 0.1) is 21.1 Å². The standard InChI is InChI=1S/C7H16NO2/c1-8(2,3)7(10)5-4-6-9/h6-7,10H,4-5H2,1-3H3/q+1. The van der Waals surface area contributed by atoms with E-state index in [1.807, 2.05) is 21.1 Å². The maximum atomic E-state index is 9.92. The number of quaternary nitrogens is 1. The molecule has 3 heteroatoms. The van der Waals surface area contributed by atoms with E-state index in [0.717, 1.165) is 6.29 Å². The lowest BCUT2D eigenvalue weighted by molar-refractivity contribution is -0.919. The summed E-state index contributed by atoms with van der Waals surface area (Å²) in [6, 6.07) is 0. The Labute approximate surface area is 61.9 Å². The highest BCUT2D eigenvalue weighted by molar-refractivity contribution is 5.49. The zero-order chi connectivity index (χ0) is 8.20. The van der Waals surface area contributed by atoms with Crippen molar-refractivity contribution in [1.29, 1.82) is 0 Å². The molecule has 1 atom stereocenters. The minimum atomic E-state index is -0.426. The van der Waals surface area contributed by atoms with Gasteiger partial charge in [-0.15, -0.1) is 0 Å². The van der Waals surface area contributed by atoms with Gasteiger partial charge < -0.3 is 14.4 Å². The first-order valence-electron chi connectivity index (χ1n) is 3.41. The minimum absolute atomic E-state index is 0.426. The number of hydrogen-bond acceptors (Lipinski definition) is 2. The number of nitrogens with zero attached hydrogens (tertiary/aromatic N) is 1. The van der Waals surface area contributed by atoms with Crippen molar-refractivity contribution in [3.63, 3.8) is 0 Å². The van der Waals surface area contributed by atoms with Gasteiger partial charge >= 0.3 is 0 Å². The van der Waals surface area contributed by atoms with Crippen LogP contribution in [0.4, 0.5) is 0 Å². The van der Waals surface area contributed by atoms with Crippen LogP contribution >= 0.6 is 0 Å². The third-order valence-electron chi connectivity index (χ3n) is 1.44. The summed E-state index contributed by atoms with van der Waals surface area (Å²) in [5.41, 5.74) is 0. The molecule has 0 rings (SSSR count). The highest BCUT2D eigenvalue weighted by atomic mass is 16.3. The Morgan fingerprint density at radius 2 is 2.00 bits per heavy atom. The fourth-order valence-corrected chi connectivity index (χ4v) is 0.604. The summed E-state index contributed by atoms with van der Waals surface area (Å²) in [7, 11) is 5.69. The van der Waals surface area contributed by atoms with Crippen LogP contribution in [0.2, 0.25) is 0 Å². The second-order valence-electron chi connectivity index (χ2n) is 3.34. The lowest BCUT2D eigenvalue weighted by atomic mass is 10.2. The number of aliphatic hydroxyl groups excluding tert-OH is 1. The molecule has 0 aromatic rings. The zero-order valence-electron chi connectivity index (χ0n) is 6.87. The maximum absolute atomic E-state index is 9.92. The molecule has 3 nitrogen and oxygen atoms in total. The molecule has 0 bridgehead atoms. The number of aliphatic hydroxyl groups is 1. The number of hydrogen-bond donors (Lipinski definition) is 1. The van der Waals surface area contributed by atoms with Crippen molar-refractivity contribution in [2.75, 3.05) is 21.1 Å². The van der Waals surface area contributed by atoms with Gasteiger partial charge in [0.15, 0.2) is 6.23 Å². The Morgan fingerprint density at radius 1 is 1.50 bits per heavy atom. The van der Waals surface area contributed by atoms with Gasteiger partial charge in [0, 0.05) is 12.8 Å². The van der Waals surface area contributed by atoms with E-state index >= 15 is 0 Å². The Balaban J connectivity index is 3.61. The van der Waals surface area contributed by atoms with Gasteiger partial charge in [0.25, 0.3) is 0 Å². The van der Waals surface area contributed by atoms with Crippen LogP contribution in [0.1, 0.15) is 12.8 Å². The normalized spacial score (nSPS) is 14.8. The van der Waals surface area contributed by atoms with Crippen LogP contribution in [0.15, 0.2) is 0 Å². The van der Waals surface area contributed by atoms with Gasteiger partial charge in [0.2, 0.25) is 0 Å². The number of rotatable bonds is 4. The lowest BCUT2D eigenvalue weighted by Gasteiger charge is -2.29. The average Bonchev–Trinajstić information content (AvgIpc) is 1.80. The smallest absolute Gasteiger partial charge is 0.190 e. The second-order valence-corrected chi connectivity index (χ2v) is 3.34. The van der Waals surface area contributed by atoms with E-state index in [9.17, 15) is 9.90 Å². The molecule has 0 saturated heterocycles. The molecule has 0 fully saturated rings. The van der Waals surface area contributed by atoms with Crippen LogP contribution in [0.25, 0.3) is 0 Å². The summed E-state index contributed by atoms with van der Waals surface area (Å²) >= 11 is 0. The molecule has 0 heterocycles. The summed E-state index contributed by atoms with van der Waals surface area (Å²) in [6.45, 7) is 0. The third-order valence-corrected chi connectivity index (χ3v) is 1.44. The fraction of sp³-hybridized carbons (Fsp3) is 0.857. The van der Waals surface area contributed by atoms with Crippen LogP contribution in [0.5, 0.6) is 0 Å². The quantitative estimate of drug-likeness (QED) is 0.344. The van der Waals surface area contributed by atoms with Crippen molar-refractivity contribution in [2.45, 2.75) is 19.1 Å². The Bertz CT molecular complexity index is 107. The van der Waals surface area contributed by atoms with Crippen LogP contribution in [0.3, 0.4) is 0 Å². The topological polar surface area (TPSA) is 37.3 Å². The first kappa shape index (κ1) is 9.59. The van der Waals surface area contributed by atoms with Gasteiger partial charge in [-0.3, -0.25) is 0 Å². The van der Waals surface area contributed by atoms with Gasteiger partial charge in [-0.2, -0.15) is 0 Å². The molecule has 10 heavy (non-hydrogen) atoms. The van der Waals surface area contributed by atoms with Gasteiger partial charge in [-0.1, -0.05) is 0 Å². The number of carbonyl (C=O) groups excluding carboxylic acids is 1. The lowest BCUT2D eigenvalue weighted by Crippen LogP contribution is -2.44. The summed E-state index contributed by atoms with van der Waals surface area (Å²) in [6.07, 6.45) is 1.40. The largest absolute Gasteiger partial charge is 0.345 e. The molecule has 0 radical (unpaired) electrons. The van der Waals surface area contributed by atoms with Gasteiger partial charge in [-0.25, -0.2) is 0 Å². The summed E-state index contributed by atoms with van der Waals surface area (Å²) in [5, 5.41) is 9.33. The second kappa shape index (κ2) is 3.68. The Hall–Kier alpha value is -0.410. The minimum Gasteiger partial charge on any atom is -0.345 e. The van der Waals surface area contributed by atoms with Crippen LogP contribution < -0.4 is 0 Å². The number of aldehydes is 1. The summed E-state index contributed by atoms with van der Waals surface area (Å²) < 4.78 is 0.494. The third kappa shape index (κ3) is 3.58. The van der Waals surface area contributed by atoms with Crippen molar-refractivity contribution in [3.8, 4) is 0 Å². The van der Waals surface area contributed by atoms with E-state index in [0.29, 0.717) is 17.3 Å². The van der Waals surface area contributed by atoms with Crippen LogP contribution in [-0.4, -0.2) is 43.2 Å². The monoisotopic (exact) mass is 146 g/mol. The molecular formula is C7H16NO2+. The van der Waals surface area contributed by atoms with Crippen molar-refractivity contribution < 1.29 is 14.4 Å². The Kier molecular flexibility index (Phi) is 3.53. The van der Waals surface area contributed by atoms with E-state index in [1.54, 1.807) is 0 Å². The first-order chi connectivity index (χ1) is 4.48. The molecule has 0 aliphatic carbocycles. The summed E-state index contributed by atoms with van der Waals surface area (Å²) in [5.74, 6) is 0. The summed E-state index contributed by atoms with van der Waals surface area (Å²) in [4.78, 5) is 9.92. The molecule has 60 valence electrons. The molecule has 0 spiro atoms. The molecule has 0 aliphatic heterocycles. The zero-order valence-corrected chi connectivity index (χ0v) is 6.87. The predicted octanol–water partition coefficient (Wildman–Crippen LogP) is -0.00990. The SMILES string of the molecule is C[N+](C)(C)C(O)CCC=O. The molecule has 0 saturated carbocycles. The van der Waals surface area contributed by atoms with Gasteiger partial charge in [0.1, 0.15) is 6.29 Å². The highest BCUT2D eigenvalue weighted by Gasteiger charge is 2.18.